The molecule has 0 amide bonds. The molecule has 0 unspecified atom stereocenters. The zero-order valence-corrected chi connectivity index (χ0v) is 15.4. The first-order valence-electron chi connectivity index (χ1n) is 6.23. The molecule has 2 rings (SSSR count). The molecule has 0 aliphatic rings. The number of nitro groups is 1. The van der Waals surface area contributed by atoms with Crippen molar-refractivity contribution in [2.75, 3.05) is 0 Å². The molecule has 2 aromatic carbocycles. The number of alkyl halides is 3. The van der Waals surface area contributed by atoms with E-state index in [-0.39, 0.29) is 57.3 Å². The first kappa shape index (κ1) is 21.2. The summed E-state index contributed by atoms with van der Waals surface area (Å²) in [6.07, 6.45) is -3.71. The quantitative estimate of drug-likeness (QED) is 0.277. The van der Waals surface area contributed by atoms with Crippen molar-refractivity contribution in [1.29, 1.82) is 0 Å². The summed E-state index contributed by atoms with van der Waals surface area (Å²) in [5.74, 6) is 0.00238. The first-order chi connectivity index (χ1) is 11.2. The van der Waals surface area contributed by atoms with Gasteiger partial charge in [0.25, 0.3) is 5.69 Å². The number of hydrogen-bond acceptors (Lipinski definition) is 5. The molecule has 0 atom stereocenters. The van der Waals surface area contributed by atoms with Crippen LogP contribution >= 0.6 is 11.6 Å². The second-order valence-corrected chi connectivity index (χ2v) is 4.87. The number of halogens is 4. The number of benzene rings is 2. The molecule has 0 aromatic heterocycles. The van der Waals surface area contributed by atoms with Crippen LogP contribution in [0.2, 0.25) is 5.02 Å². The molecule has 127 valence electrons. The summed E-state index contributed by atoms with van der Waals surface area (Å²) >= 11 is 5.77. The van der Waals surface area contributed by atoms with Gasteiger partial charge in [0.2, 0.25) is 0 Å². The second-order valence-electron chi connectivity index (χ2n) is 4.47. The summed E-state index contributed by atoms with van der Waals surface area (Å²) in [4.78, 5) is 10.2. The van der Waals surface area contributed by atoms with Crippen molar-refractivity contribution in [3.8, 4) is 11.5 Å². The number of rotatable bonds is 4. The molecule has 6 nitrogen and oxygen atoms in total. The van der Waals surface area contributed by atoms with Gasteiger partial charge in [0.15, 0.2) is 0 Å². The normalized spacial score (nSPS) is 11.2. The molecule has 0 bridgehead atoms. The van der Waals surface area contributed by atoms with Gasteiger partial charge in [0.05, 0.1) is 27.3 Å². The van der Waals surface area contributed by atoms with Crippen molar-refractivity contribution in [2.24, 2.45) is 5.16 Å². The van der Waals surface area contributed by atoms with E-state index in [9.17, 15) is 23.3 Å². The maximum Gasteiger partial charge on any atom is 0.416 e. The Kier molecular flexibility index (Phi) is 7.24. The fourth-order valence-electron chi connectivity index (χ4n) is 1.81. The number of hydrogen-bond donors (Lipinski definition) is 1. The van der Waals surface area contributed by atoms with Crippen molar-refractivity contribution < 1.29 is 28.0 Å². The minimum atomic E-state index is -4.54. The standard InChI is InChI=1S/C14H8ClF3N2O4.Na/c15-11-6-9(14(16,17)18)1-4-13(11)24-10-2-3-12(20(22)23)8(5-10)7-19-21;/h1-7,21H;. The maximum absolute atomic E-state index is 12.6. The van der Waals surface area contributed by atoms with Crippen LogP contribution in [0.3, 0.4) is 0 Å². The summed E-state index contributed by atoms with van der Waals surface area (Å²) in [5.41, 5.74) is -1.32. The van der Waals surface area contributed by atoms with Crippen LogP contribution in [0.5, 0.6) is 11.5 Å². The molecule has 11 heteroatoms. The molecule has 25 heavy (non-hydrogen) atoms. The van der Waals surface area contributed by atoms with E-state index in [1.165, 1.54) is 12.1 Å². The third-order valence-corrected chi connectivity index (χ3v) is 3.17. The van der Waals surface area contributed by atoms with Crippen LogP contribution in [0.15, 0.2) is 41.6 Å². The summed E-state index contributed by atoms with van der Waals surface area (Å²) < 4.78 is 43.1. The molecule has 0 heterocycles. The van der Waals surface area contributed by atoms with E-state index in [0.29, 0.717) is 6.07 Å². The van der Waals surface area contributed by atoms with Gasteiger partial charge in [-0.1, -0.05) is 16.8 Å². The molecule has 0 aliphatic carbocycles. The zero-order chi connectivity index (χ0) is 17.9. The van der Waals surface area contributed by atoms with Crippen LogP contribution in [0, 0.1) is 10.1 Å². The van der Waals surface area contributed by atoms with Gasteiger partial charge in [0.1, 0.15) is 11.5 Å². The number of ether oxygens (including phenoxy) is 1. The largest absolute Gasteiger partial charge is 0.456 e. The van der Waals surface area contributed by atoms with Crippen LogP contribution in [0.1, 0.15) is 11.1 Å². The molecule has 1 radical (unpaired) electrons. The van der Waals surface area contributed by atoms with Gasteiger partial charge in [-0.05, 0) is 30.3 Å². The van der Waals surface area contributed by atoms with Gasteiger partial charge >= 0.3 is 6.18 Å². The Labute approximate surface area is 166 Å². The van der Waals surface area contributed by atoms with Crippen molar-refractivity contribution in [3.63, 3.8) is 0 Å². The molecule has 0 spiro atoms. The number of nitrogens with zero attached hydrogens (tertiary/aromatic N) is 2. The monoisotopic (exact) mass is 383 g/mol. The Hall–Kier alpha value is -1.81. The topological polar surface area (TPSA) is 85.0 Å². The van der Waals surface area contributed by atoms with Crippen molar-refractivity contribution in [1.82, 2.24) is 0 Å². The molecule has 0 fully saturated rings. The molecular weight excluding hydrogens is 376 g/mol. The van der Waals surface area contributed by atoms with Crippen molar-refractivity contribution in [3.05, 3.63) is 62.7 Å². The molecule has 0 saturated carbocycles. The summed E-state index contributed by atoms with van der Waals surface area (Å²) in [7, 11) is 0. The van der Waals surface area contributed by atoms with Gasteiger partial charge in [-0.15, -0.1) is 0 Å². The Morgan fingerprint density at radius 3 is 2.44 bits per heavy atom. The van der Waals surface area contributed by atoms with Crippen molar-refractivity contribution in [2.45, 2.75) is 6.18 Å². The van der Waals surface area contributed by atoms with E-state index in [1.54, 1.807) is 0 Å². The van der Waals surface area contributed by atoms with E-state index in [2.05, 4.69) is 5.16 Å². The van der Waals surface area contributed by atoms with Gasteiger partial charge < -0.3 is 9.94 Å². The Morgan fingerprint density at radius 2 is 1.92 bits per heavy atom. The fraction of sp³-hybridized carbons (Fsp3) is 0.0714. The van der Waals surface area contributed by atoms with E-state index < -0.39 is 16.7 Å². The fourth-order valence-corrected chi connectivity index (χ4v) is 2.03. The number of oxime groups is 1. The van der Waals surface area contributed by atoms with E-state index in [4.69, 9.17) is 21.5 Å². The smallest absolute Gasteiger partial charge is 0.416 e. The average Bonchev–Trinajstić information content (AvgIpc) is 2.48. The Balaban J connectivity index is 0.00000312. The number of nitro benzene ring substituents is 1. The minimum Gasteiger partial charge on any atom is -0.456 e. The minimum absolute atomic E-state index is 0. The SMILES string of the molecule is O=[N+]([O-])c1ccc(Oc2ccc(C(F)(F)F)cc2Cl)cc1C=NO.[Na]. The summed E-state index contributed by atoms with van der Waals surface area (Å²) in [5, 5.41) is 21.8. The summed E-state index contributed by atoms with van der Waals surface area (Å²) in [6.45, 7) is 0. The van der Waals surface area contributed by atoms with E-state index in [0.717, 1.165) is 24.4 Å². The Morgan fingerprint density at radius 1 is 1.24 bits per heavy atom. The Bertz CT molecular complexity index is 815. The van der Waals surface area contributed by atoms with Crippen LogP contribution in [0.4, 0.5) is 18.9 Å². The van der Waals surface area contributed by atoms with E-state index >= 15 is 0 Å². The van der Waals surface area contributed by atoms with Gasteiger partial charge in [-0.25, -0.2) is 0 Å². The second kappa shape index (κ2) is 8.52. The van der Waals surface area contributed by atoms with Crippen LogP contribution in [0.25, 0.3) is 0 Å². The molecule has 2 aromatic rings. The summed E-state index contributed by atoms with van der Waals surface area (Å²) in [6, 6.07) is 6.06. The third kappa shape index (κ3) is 5.33. The van der Waals surface area contributed by atoms with Crippen LogP contribution in [-0.2, 0) is 6.18 Å². The van der Waals surface area contributed by atoms with Crippen LogP contribution < -0.4 is 4.74 Å². The van der Waals surface area contributed by atoms with E-state index in [1.807, 2.05) is 0 Å². The molecule has 0 aliphatic heterocycles. The predicted molar refractivity (Wildman–Crippen MR) is 84.8 cm³/mol. The predicted octanol–water partition coefficient (Wildman–Crippen LogP) is 4.49. The van der Waals surface area contributed by atoms with Gasteiger partial charge in [0, 0.05) is 35.6 Å². The molecule has 0 saturated heterocycles. The van der Waals surface area contributed by atoms with Crippen LogP contribution in [-0.4, -0.2) is 45.9 Å². The average molecular weight is 384 g/mol. The molecule has 1 N–H and O–H groups in total. The van der Waals surface area contributed by atoms with Gasteiger partial charge in [-0.3, -0.25) is 10.1 Å². The first-order valence-corrected chi connectivity index (χ1v) is 6.60. The van der Waals surface area contributed by atoms with Crippen molar-refractivity contribution >= 4 is 53.1 Å². The zero-order valence-electron chi connectivity index (χ0n) is 12.6. The third-order valence-electron chi connectivity index (χ3n) is 2.88. The van der Waals surface area contributed by atoms with Gasteiger partial charge in [-0.2, -0.15) is 13.2 Å². The maximum atomic E-state index is 12.6. The molecular formula is C14H8ClF3N2NaO4.